The second-order valence-corrected chi connectivity index (χ2v) is 3.89. The van der Waals surface area contributed by atoms with Gasteiger partial charge in [0.1, 0.15) is 5.75 Å². The molecule has 2 rings (SSSR count). The van der Waals surface area contributed by atoms with Gasteiger partial charge in [-0.05, 0) is 17.7 Å². The first kappa shape index (κ1) is 13.9. The van der Waals surface area contributed by atoms with E-state index >= 15 is 0 Å². The van der Waals surface area contributed by atoms with Gasteiger partial charge in [-0.3, -0.25) is 0 Å². The molecule has 0 bridgehead atoms. The number of hydrogen-bond donors (Lipinski definition) is 1. The van der Waals surface area contributed by atoms with Gasteiger partial charge in [-0.15, -0.1) is 13.2 Å². The van der Waals surface area contributed by atoms with Crippen molar-refractivity contribution in [1.82, 2.24) is 0 Å². The van der Waals surface area contributed by atoms with Gasteiger partial charge in [0.25, 0.3) is 0 Å². The summed E-state index contributed by atoms with van der Waals surface area (Å²) in [5, 5.41) is 9.09. The van der Waals surface area contributed by atoms with Crippen LogP contribution in [0.3, 0.4) is 0 Å². The largest absolute Gasteiger partial charge is 0.573 e. The molecule has 0 heterocycles. The van der Waals surface area contributed by atoms with Gasteiger partial charge in [0.15, 0.2) is 0 Å². The molecular formula is C14H9F3O3. The first-order chi connectivity index (χ1) is 9.38. The Morgan fingerprint density at radius 3 is 2.10 bits per heavy atom. The zero-order valence-corrected chi connectivity index (χ0v) is 10.0. The molecule has 0 unspecified atom stereocenters. The maximum Gasteiger partial charge on any atom is 0.573 e. The molecule has 0 amide bonds. The quantitative estimate of drug-likeness (QED) is 0.927. The molecule has 6 heteroatoms. The molecule has 0 saturated carbocycles. The van der Waals surface area contributed by atoms with Crippen LogP contribution in [-0.4, -0.2) is 17.4 Å². The smallest absolute Gasteiger partial charge is 0.478 e. The predicted molar refractivity (Wildman–Crippen MR) is 65.5 cm³/mol. The molecule has 104 valence electrons. The Balaban J connectivity index is 2.56. The lowest BCUT2D eigenvalue weighted by molar-refractivity contribution is -0.274. The highest BCUT2D eigenvalue weighted by atomic mass is 19.4. The Labute approximate surface area is 112 Å². The van der Waals surface area contributed by atoms with Gasteiger partial charge in [-0.25, -0.2) is 4.79 Å². The lowest BCUT2D eigenvalue weighted by Crippen LogP contribution is -2.17. The van der Waals surface area contributed by atoms with Crippen LogP contribution in [0.15, 0.2) is 48.5 Å². The minimum absolute atomic E-state index is 0.0721. The van der Waals surface area contributed by atoms with Crippen LogP contribution < -0.4 is 4.74 Å². The van der Waals surface area contributed by atoms with E-state index in [9.17, 15) is 18.0 Å². The molecule has 0 spiro atoms. The lowest BCUT2D eigenvalue weighted by atomic mass is 9.99. The number of alkyl halides is 3. The van der Waals surface area contributed by atoms with Crippen molar-refractivity contribution in [3.8, 4) is 16.9 Å². The van der Waals surface area contributed by atoms with Crippen LogP contribution in [0, 0.1) is 0 Å². The van der Waals surface area contributed by atoms with E-state index in [4.69, 9.17) is 5.11 Å². The zero-order valence-electron chi connectivity index (χ0n) is 10.0. The molecule has 20 heavy (non-hydrogen) atoms. The minimum Gasteiger partial charge on any atom is -0.478 e. The fourth-order valence-electron chi connectivity index (χ4n) is 1.81. The Hall–Kier alpha value is -2.50. The van der Waals surface area contributed by atoms with Gasteiger partial charge in [0.2, 0.25) is 0 Å². The summed E-state index contributed by atoms with van der Waals surface area (Å²) >= 11 is 0. The van der Waals surface area contributed by atoms with E-state index in [1.165, 1.54) is 36.4 Å². The van der Waals surface area contributed by atoms with Crippen LogP contribution in [-0.2, 0) is 0 Å². The molecule has 0 fully saturated rings. The molecule has 2 aromatic rings. The van der Waals surface area contributed by atoms with Crippen molar-refractivity contribution in [2.75, 3.05) is 0 Å². The molecule has 0 aromatic heterocycles. The summed E-state index contributed by atoms with van der Waals surface area (Å²) in [6.45, 7) is 0. The topological polar surface area (TPSA) is 46.5 Å². The molecule has 0 aliphatic carbocycles. The monoisotopic (exact) mass is 282 g/mol. The number of para-hydroxylation sites is 1. The summed E-state index contributed by atoms with van der Waals surface area (Å²) in [6.07, 6.45) is -4.84. The number of ether oxygens (including phenoxy) is 1. The number of hydrogen-bond acceptors (Lipinski definition) is 2. The van der Waals surface area contributed by atoms with Crippen LogP contribution in [0.25, 0.3) is 11.1 Å². The third kappa shape index (κ3) is 3.09. The van der Waals surface area contributed by atoms with Crippen LogP contribution in [0.5, 0.6) is 5.75 Å². The fraction of sp³-hybridized carbons (Fsp3) is 0.0714. The standard InChI is InChI=1S/C14H9F3O3/c15-14(16,17)20-12-8-4-3-6-10(12)9-5-1-2-7-11(9)13(18)19/h1-8H,(H,18,19). The number of carboxylic acid groups (broad SMARTS) is 1. The van der Waals surface area contributed by atoms with Gasteiger partial charge < -0.3 is 9.84 Å². The molecule has 3 nitrogen and oxygen atoms in total. The van der Waals surface area contributed by atoms with Gasteiger partial charge in [-0.2, -0.15) is 0 Å². The van der Waals surface area contributed by atoms with Crippen LogP contribution in [0.4, 0.5) is 13.2 Å². The van der Waals surface area contributed by atoms with E-state index in [1.807, 2.05) is 0 Å². The number of carboxylic acids is 1. The van der Waals surface area contributed by atoms with Crippen molar-refractivity contribution in [1.29, 1.82) is 0 Å². The van der Waals surface area contributed by atoms with Crippen molar-refractivity contribution in [2.24, 2.45) is 0 Å². The second kappa shape index (κ2) is 5.24. The average molecular weight is 282 g/mol. The van der Waals surface area contributed by atoms with Crippen LogP contribution in [0.2, 0.25) is 0 Å². The van der Waals surface area contributed by atoms with Crippen molar-refractivity contribution >= 4 is 5.97 Å². The van der Waals surface area contributed by atoms with Crippen molar-refractivity contribution in [3.05, 3.63) is 54.1 Å². The summed E-state index contributed by atoms with van der Waals surface area (Å²) in [7, 11) is 0. The number of aromatic carboxylic acids is 1. The third-order valence-corrected chi connectivity index (χ3v) is 2.56. The van der Waals surface area contributed by atoms with Crippen LogP contribution in [0.1, 0.15) is 10.4 Å². The summed E-state index contributed by atoms with van der Waals surface area (Å²) < 4.78 is 41.0. The number of carbonyl (C=O) groups is 1. The highest BCUT2D eigenvalue weighted by molar-refractivity contribution is 5.96. The zero-order chi connectivity index (χ0) is 14.8. The summed E-state index contributed by atoms with van der Waals surface area (Å²) in [4.78, 5) is 11.1. The van der Waals surface area contributed by atoms with Crippen molar-refractivity contribution in [2.45, 2.75) is 6.36 Å². The van der Waals surface area contributed by atoms with Gasteiger partial charge >= 0.3 is 12.3 Å². The van der Waals surface area contributed by atoms with Crippen molar-refractivity contribution < 1.29 is 27.8 Å². The van der Waals surface area contributed by atoms with E-state index in [0.717, 1.165) is 6.07 Å². The lowest BCUT2D eigenvalue weighted by Gasteiger charge is -2.14. The highest BCUT2D eigenvalue weighted by Gasteiger charge is 2.32. The average Bonchev–Trinajstić information content (AvgIpc) is 2.37. The number of benzene rings is 2. The molecule has 0 radical (unpaired) electrons. The fourth-order valence-corrected chi connectivity index (χ4v) is 1.81. The molecular weight excluding hydrogens is 273 g/mol. The second-order valence-electron chi connectivity index (χ2n) is 3.89. The first-order valence-electron chi connectivity index (χ1n) is 5.56. The van der Waals surface area contributed by atoms with E-state index < -0.39 is 18.1 Å². The van der Waals surface area contributed by atoms with E-state index in [2.05, 4.69) is 4.74 Å². The van der Waals surface area contributed by atoms with Crippen molar-refractivity contribution in [3.63, 3.8) is 0 Å². The van der Waals surface area contributed by atoms with Crippen LogP contribution >= 0.6 is 0 Å². The Morgan fingerprint density at radius 2 is 1.50 bits per heavy atom. The van der Waals surface area contributed by atoms with E-state index in [0.29, 0.717) is 0 Å². The molecule has 1 N–H and O–H groups in total. The van der Waals surface area contributed by atoms with Gasteiger partial charge in [-0.1, -0.05) is 36.4 Å². The summed E-state index contributed by atoms with van der Waals surface area (Å²) in [6, 6.07) is 11.2. The predicted octanol–water partition coefficient (Wildman–Crippen LogP) is 3.95. The summed E-state index contributed by atoms with van der Waals surface area (Å²) in [5.41, 5.74) is 0.147. The normalized spacial score (nSPS) is 11.2. The maximum atomic E-state index is 12.4. The maximum absolute atomic E-state index is 12.4. The molecule has 2 aromatic carbocycles. The Kier molecular flexibility index (Phi) is 3.65. The molecule has 0 aliphatic heterocycles. The third-order valence-electron chi connectivity index (χ3n) is 2.56. The van der Waals surface area contributed by atoms with Gasteiger partial charge in [0, 0.05) is 5.56 Å². The number of rotatable bonds is 3. The molecule has 0 saturated heterocycles. The van der Waals surface area contributed by atoms with E-state index in [1.54, 1.807) is 6.07 Å². The number of halogens is 3. The summed E-state index contributed by atoms with van der Waals surface area (Å²) in [5.74, 6) is -1.66. The Morgan fingerprint density at radius 1 is 0.950 bits per heavy atom. The Bertz CT molecular complexity index is 636. The van der Waals surface area contributed by atoms with E-state index in [-0.39, 0.29) is 16.7 Å². The van der Waals surface area contributed by atoms with Gasteiger partial charge in [0.05, 0.1) is 5.56 Å². The minimum atomic E-state index is -4.84. The highest BCUT2D eigenvalue weighted by Crippen LogP contribution is 2.35. The molecule has 0 atom stereocenters. The SMILES string of the molecule is O=C(O)c1ccccc1-c1ccccc1OC(F)(F)F. The molecule has 0 aliphatic rings. The first-order valence-corrected chi connectivity index (χ1v) is 5.56.